The number of carbonyl (C=O) groups is 2. The normalized spacial score (nSPS) is 10.9. The Kier molecular flexibility index (Phi) is 6.78. The summed E-state index contributed by atoms with van der Waals surface area (Å²) in [5.41, 5.74) is 1.99. The van der Waals surface area contributed by atoms with Crippen LogP contribution < -0.4 is 3.27 Å². The Morgan fingerprint density at radius 2 is 1.39 bits per heavy atom. The summed E-state index contributed by atoms with van der Waals surface area (Å²) in [5.74, 6) is -0.939. The van der Waals surface area contributed by atoms with Crippen molar-refractivity contribution >= 4 is 48.7 Å². The summed E-state index contributed by atoms with van der Waals surface area (Å²) >= 11 is -3.66. The van der Waals surface area contributed by atoms with Crippen LogP contribution in [0.5, 0.6) is 0 Å². The van der Waals surface area contributed by atoms with E-state index in [4.69, 9.17) is 5.63 Å². The average molecular weight is 609 g/mol. The number of aromatic nitrogens is 1. The maximum atomic E-state index is 12.7. The number of fused-ring (bicyclic) bond motifs is 1. The van der Waals surface area contributed by atoms with Crippen molar-refractivity contribution in [3.05, 3.63) is 102 Å². The zero-order valence-corrected chi connectivity index (χ0v) is 20.6. The van der Waals surface area contributed by atoms with E-state index in [0.29, 0.717) is 11.1 Å². The van der Waals surface area contributed by atoms with Crippen LogP contribution in [0.4, 0.5) is 0 Å². The summed E-state index contributed by atoms with van der Waals surface area (Å²) in [6.07, 6.45) is 3.09. The van der Waals surface area contributed by atoms with Gasteiger partial charge in [0.05, 0.1) is 0 Å². The third-order valence-electron chi connectivity index (χ3n) is 4.78. The first-order valence-electron chi connectivity index (χ1n) is 10.1. The Bertz CT molecular complexity index is 1130. The Morgan fingerprint density at radius 1 is 0.806 bits per heavy atom. The first kappa shape index (κ1) is 21.3. The van der Waals surface area contributed by atoms with Gasteiger partial charge in [-0.05, 0) is 0 Å². The Morgan fingerprint density at radius 3 is 1.94 bits per heavy atom. The van der Waals surface area contributed by atoms with Gasteiger partial charge < -0.3 is 0 Å². The molecule has 0 aliphatic rings. The molecule has 0 aliphatic carbocycles. The van der Waals surface area contributed by atoms with Gasteiger partial charge in [-0.3, -0.25) is 0 Å². The second kappa shape index (κ2) is 9.89. The van der Waals surface area contributed by atoms with Crippen LogP contribution in [0.1, 0.15) is 34.1 Å². The summed E-state index contributed by atoms with van der Waals surface area (Å²) < 4.78 is 14.7. The van der Waals surface area contributed by atoms with Crippen LogP contribution in [0.25, 0.3) is 10.9 Å². The molecule has 0 saturated heterocycles. The van der Waals surface area contributed by atoms with Crippen LogP contribution in [0.3, 0.4) is 0 Å². The van der Waals surface area contributed by atoms with Gasteiger partial charge in [-0.1, -0.05) is 0 Å². The Balaban J connectivity index is 1.65. The first-order valence-corrected chi connectivity index (χ1v) is 14.7. The number of aryl methyl sites for hydroxylation is 1. The number of benzene rings is 3. The zero-order chi connectivity index (χ0) is 21.6. The molecule has 1 heterocycles. The summed E-state index contributed by atoms with van der Waals surface area (Å²) in [7, 11) is 0. The van der Waals surface area contributed by atoms with E-state index in [1.54, 1.807) is 48.5 Å². The van der Waals surface area contributed by atoms with Gasteiger partial charge in [-0.15, -0.1) is 0 Å². The second-order valence-electron chi connectivity index (χ2n) is 7.00. The number of nitrogens with zero attached hydrogens (tertiary/aromatic N) is 1. The van der Waals surface area contributed by atoms with Crippen LogP contribution in [0.15, 0.2) is 91.1 Å². The van der Waals surface area contributed by atoms with Crippen LogP contribution >= 0.6 is 0 Å². The molecule has 4 rings (SSSR count). The van der Waals surface area contributed by atoms with Crippen molar-refractivity contribution in [1.29, 1.82) is 0 Å². The van der Waals surface area contributed by atoms with Crippen molar-refractivity contribution in [2.75, 3.05) is 0 Å². The molecule has 31 heavy (non-hydrogen) atoms. The molecule has 0 spiro atoms. The molecule has 4 aromatic rings. The van der Waals surface area contributed by atoms with Crippen molar-refractivity contribution in [2.45, 2.75) is 19.9 Å². The van der Waals surface area contributed by atoms with E-state index in [9.17, 15) is 9.59 Å². The second-order valence-corrected chi connectivity index (χ2v) is 12.4. The molecule has 0 atom stereocenters. The maximum absolute atomic E-state index is 12.7. The monoisotopic (exact) mass is 609 g/mol. The molecule has 5 nitrogen and oxygen atoms in total. The fourth-order valence-corrected chi connectivity index (χ4v) is 7.93. The van der Waals surface area contributed by atoms with Gasteiger partial charge in [0.2, 0.25) is 0 Å². The third kappa shape index (κ3) is 5.03. The van der Waals surface area contributed by atoms with Crippen molar-refractivity contribution in [3.63, 3.8) is 0 Å². The molecule has 0 saturated carbocycles. The first-order chi connectivity index (χ1) is 15.2. The topological polar surface area (TPSA) is 57.5 Å². The van der Waals surface area contributed by atoms with E-state index in [2.05, 4.69) is 11.5 Å². The molecule has 0 aliphatic heterocycles. The van der Waals surface area contributed by atoms with Crippen molar-refractivity contribution in [3.8, 4) is 0 Å². The average Bonchev–Trinajstić information content (AvgIpc) is 3.22. The summed E-state index contributed by atoms with van der Waals surface area (Å²) in [5, 5.41) is 1.04. The number of rotatable bonds is 7. The minimum absolute atomic E-state index is 0.438. The van der Waals surface area contributed by atoms with Crippen molar-refractivity contribution < 1.29 is 15.2 Å². The van der Waals surface area contributed by atoms with E-state index in [1.807, 2.05) is 42.6 Å². The van der Waals surface area contributed by atoms with Gasteiger partial charge in [0.15, 0.2) is 0 Å². The molecule has 1 aromatic heterocycles. The summed E-state index contributed by atoms with van der Waals surface area (Å²) in [6.45, 7) is 3.07. The molecular weight excluding hydrogens is 587 g/mol. The Labute approximate surface area is 190 Å². The van der Waals surface area contributed by atoms with Crippen LogP contribution in [0, 0.1) is 0 Å². The van der Waals surface area contributed by atoms with E-state index in [0.717, 1.165) is 27.1 Å². The zero-order valence-electron chi connectivity index (χ0n) is 17.1. The number of hydrogen-bond donors (Lipinski definition) is 0. The molecule has 0 amide bonds. The van der Waals surface area contributed by atoms with Gasteiger partial charge in [-0.2, -0.15) is 0 Å². The van der Waals surface area contributed by atoms with E-state index >= 15 is 0 Å². The van der Waals surface area contributed by atoms with Crippen LogP contribution in [0.2, 0.25) is 0 Å². The predicted octanol–water partition coefficient (Wildman–Crippen LogP) is 4.46. The van der Waals surface area contributed by atoms with Gasteiger partial charge in [0.1, 0.15) is 0 Å². The molecule has 3 aromatic carbocycles. The summed E-state index contributed by atoms with van der Waals surface area (Å²) in [4.78, 5) is 25.5. The molecule has 0 N–H and O–H groups in total. The quantitative estimate of drug-likeness (QED) is 0.291. The minimum atomic E-state index is -3.66. The molecule has 6 heteroatoms. The van der Waals surface area contributed by atoms with Gasteiger partial charge in [0, 0.05) is 0 Å². The predicted molar refractivity (Wildman–Crippen MR) is 121 cm³/mol. The molecular formula is C25H22BiNO4. The SMILES string of the molecule is CCCn1ccc2c[c]([Bi]([O]C(=O)c3ccccc3)[O]C(=O)c3ccccc3)ccc21. The molecule has 156 valence electrons. The van der Waals surface area contributed by atoms with Crippen molar-refractivity contribution in [1.82, 2.24) is 4.57 Å². The van der Waals surface area contributed by atoms with Crippen molar-refractivity contribution in [2.24, 2.45) is 0 Å². The van der Waals surface area contributed by atoms with Crippen LogP contribution in [-0.4, -0.2) is 39.1 Å². The van der Waals surface area contributed by atoms with E-state index < -0.39 is 34.6 Å². The van der Waals surface area contributed by atoms with E-state index in [1.165, 1.54) is 0 Å². The molecule has 0 radical (unpaired) electrons. The summed E-state index contributed by atoms with van der Waals surface area (Å²) in [6, 6.07) is 25.5. The Hall–Kier alpha value is -2.98. The third-order valence-corrected chi connectivity index (χ3v) is 10.1. The number of hydrogen-bond acceptors (Lipinski definition) is 4. The molecule has 0 bridgehead atoms. The standard InChI is InChI=1S/C11H12N.2C7H6O2.Bi/c1-2-8-12-9-7-10-5-3-4-6-11(10)12;2*8-7(9)6-4-2-1-3-5-6;/h4-7,9H,2,8H2,1H3;2*1-5H,(H,8,9);/q;;;+2/p-2. The fraction of sp³-hybridized carbons (Fsp3) is 0.120. The van der Waals surface area contributed by atoms with E-state index in [-0.39, 0.29) is 0 Å². The van der Waals surface area contributed by atoms with Gasteiger partial charge in [-0.25, -0.2) is 0 Å². The molecule has 0 fully saturated rings. The molecule has 0 unspecified atom stereocenters. The van der Waals surface area contributed by atoms with Gasteiger partial charge in [0.25, 0.3) is 0 Å². The van der Waals surface area contributed by atoms with Crippen LogP contribution in [-0.2, 0) is 12.2 Å². The number of carbonyl (C=O) groups excluding carboxylic acids is 2. The fourth-order valence-electron chi connectivity index (χ4n) is 3.27. The van der Waals surface area contributed by atoms with Gasteiger partial charge >= 0.3 is 191 Å².